The van der Waals surface area contributed by atoms with E-state index in [4.69, 9.17) is 9.84 Å². The molecule has 0 spiro atoms. The lowest BCUT2D eigenvalue weighted by molar-refractivity contribution is -0.115. The van der Waals surface area contributed by atoms with Gasteiger partial charge in [0.1, 0.15) is 5.75 Å². The molecular formula is C11H14N2O4. The molecule has 92 valence electrons. The van der Waals surface area contributed by atoms with Crippen LogP contribution in [0.1, 0.15) is 10.4 Å². The van der Waals surface area contributed by atoms with Gasteiger partial charge in [0.15, 0.2) is 0 Å². The number of hydrogen-bond acceptors (Lipinski definition) is 4. The number of rotatable bonds is 5. The van der Waals surface area contributed by atoms with Crippen LogP contribution in [0.2, 0.25) is 0 Å². The van der Waals surface area contributed by atoms with E-state index in [-0.39, 0.29) is 23.7 Å². The zero-order valence-corrected chi connectivity index (χ0v) is 9.61. The van der Waals surface area contributed by atoms with Gasteiger partial charge in [-0.2, -0.15) is 0 Å². The second-order valence-corrected chi connectivity index (χ2v) is 3.30. The van der Waals surface area contributed by atoms with E-state index in [1.54, 1.807) is 7.05 Å². The maximum Gasteiger partial charge on any atom is 0.337 e. The normalized spacial score (nSPS) is 9.76. The third-order valence-corrected chi connectivity index (χ3v) is 2.07. The van der Waals surface area contributed by atoms with Gasteiger partial charge >= 0.3 is 5.97 Å². The number of carboxylic acids is 1. The minimum atomic E-state index is -1.10. The molecule has 0 aliphatic carbocycles. The van der Waals surface area contributed by atoms with Gasteiger partial charge in [-0.1, -0.05) is 0 Å². The third-order valence-electron chi connectivity index (χ3n) is 2.07. The van der Waals surface area contributed by atoms with E-state index >= 15 is 0 Å². The number of carbonyl (C=O) groups is 2. The van der Waals surface area contributed by atoms with Crippen molar-refractivity contribution in [1.82, 2.24) is 5.32 Å². The Morgan fingerprint density at radius 2 is 2.12 bits per heavy atom. The summed E-state index contributed by atoms with van der Waals surface area (Å²) >= 11 is 0. The van der Waals surface area contributed by atoms with Crippen LogP contribution in [0.25, 0.3) is 0 Å². The van der Waals surface area contributed by atoms with Crippen LogP contribution in [0.15, 0.2) is 18.2 Å². The Hall–Kier alpha value is -2.08. The highest BCUT2D eigenvalue weighted by Crippen LogP contribution is 2.22. The van der Waals surface area contributed by atoms with Gasteiger partial charge in [0.05, 0.1) is 24.9 Å². The molecule has 1 aromatic carbocycles. The van der Waals surface area contributed by atoms with Gasteiger partial charge in [-0.25, -0.2) is 4.79 Å². The number of ether oxygens (including phenoxy) is 1. The summed E-state index contributed by atoms with van der Waals surface area (Å²) in [5.41, 5.74) is 0.243. The highest BCUT2D eigenvalue weighted by Gasteiger charge is 2.13. The van der Waals surface area contributed by atoms with Crippen LogP contribution in [0.5, 0.6) is 5.75 Å². The number of amides is 1. The Balaban J connectivity index is 3.00. The van der Waals surface area contributed by atoms with E-state index in [0.717, 1.165) is 0 Å². The van der Waals surface area contributed by atoms with Crippen molar-refractivity contribution in [2.24, 2.45) is 0 Å². The monoisotopic (exact) mass is 238 g/mol. The lowest BCUT2D eigenvalue weighted by Gasteiger charge is -2.10. The molecule has 0 heterocycles. The predicted octanol–water partition coefficient (Wildman–Crippen LogP) is 0.551. The number of benzene rings is 1. The molecule has 0 saturated heterocycles. The number of anilines is 1. The molecule has 1 amide bonds. The summed E-state index contributed by atoms with van der Waals surface area (Å²) in [6.07, 6.45) is 0. The molecule has 0 radical (unpaired) electrons. The van der Waals surface area contributed by atoms with Gasteiger partial charge in [-0.05, 0) is 19.2 Å². The molecule has 0 atom stereocenters. The standard InChI is InChI=1S/C11H14N2O4/c1-12-6-10(14)13-9-5-7(17-2)3-4-8(9)11(15)16/h3-5,12H,6H2,1-2H3,(H,13,14)(H,15,16). The van der Waals surface area contributed by atoms with E-state index < -0.39 is 5.97 Å². The molecule has 0 aromatic heterocycles. The fraction of sp³-hybridized carbons (Fsp3) is 0.273. The molecule has 0 aliphatic heterocycles. The topological polar surface area (TPSA) is 87.7 Å². The summed E-state index contributed by atoms with van der Waals surface area (Å²) in [6.45, 7) is 0.107. The summed E-state index contributed by atoms with van der Waals surface area (Å²) in [5.74, 6) is -0.939. The van der Waals surface area contributed by atoms with Gasteiger partial charge < -0.3 is 20.5 Å². The largest absolute Gasteiger partial charge is 0.497 e. The van der Waals surface area contributed by atoms with Crippen LogP contribution in [0.3, 0.4) is 0 Å². The number of aromatic carboxylic acids is 1. The Morgan fingerprint density at radius 3 is 2.65 bits per heavy atom. The Kier molecular flexibility index (Phi) is 4.47. The quantitative estimate of drug-likeness (QED) is 0.697. The molecule has 3 N–H and O–H groups in total. The first-order chi connectivity index (χ1) is 8.08. The summed E-state index contributed by atoms with van der Waals surface area (Å²) in [7, 11) is 3.10. The number of hydrogen-bond donors (Lipinski definition) is 3. The van der Waals surface area contributed by atoms with Crippen LogP contribution < -0.4 is 15.4 Å². The molecule has 0 fully saturated rings. The number of carboxylic acid groups (broad SMARTS) is 1. The highest BCUT2D eigenvalue weighted by molar-refractivity contribution is 6.01. The van der Waals surface area contributed by atoms with Crippen molar-refractivity contribution in [3.8, 4) is 5.75 Å². The maximum atomic E-state index is 11.4. The average molecular weight is 238 g/mol. The summed E-state index contributed by atoms with van der Waals surface area (Å²) < 4.78 is 4.97. The highest BCUT2D eigenvalue weighted by atomic mass is 16.5. The Morgan fingerprint density at radius 1 is 1.41 bits per heavy atom. The molecule has 0 aliphatic rings. The number of likely N-dealkylation sites (N-methyl/N-ethyl adjacent to an activating group) is 1. The molecule has 0 bridgehead atoms. The fourth-order valence-electron chi connectivity index (χ4n) is 1.30. The molecule has 17 heavy (non-hydrogen) atoms. The Labute approximate surface area is 98.6 Å². The van der Waals surface area contributed by atoms with Crippen molar-refractivity contribution in [3.05, 3.63) is 23.8 Å². The average Bonchev–Trinajstić information content (AvgIpc) is 2.28. The van der Waals surface area contributed by atoms with Crippen LogP contribution in [0.4, 0.5) is 5.69 Å². The smallest absolute Gasteiger partial charge is 0.337 e. The summed E-state index contributed by atoms with van der Waals surface area (Å²) in [5, 5.41) is 14.1. The lowest BCUT2D eigenvalue weighted by Crippen LogP contribution is -2.25. The Bertz CT molecular complexity index is 431. The van der Waals surface area contributed by atoms with Crippen molar-refractivity contribution in [2.45, 2.75) is 0 Å². The van der Waals surface area contributed by atoms with Gasteiger partial charge in [-0.15, -0.1) is 0 Å². The molecule has 1 rings (SSSR count). The minimum Gasteiger partial charge on any atom is -0.497 e. The molecule has 0 saturated carbocycles. The van der Waals surface area contributed by atoms with Crippen molar-refractivity contribution in [3.63, 3.8) is 0 Å². The molecule has 6 nitrogen and oxygen atoms in total. The first kappa shape index (κ1) is 13.0. The van der Waals surface area contributed by atoms with E-state index in [9.17, 15) is 9.59 Å². The SMILES string of the molecule is CNCC(=O)Nc1cc(OC)ccc1C(=O)O. The number of carbonyl (C=O) groups excluding carboxylic acids is 1. The molecule has 6 heteroatoms. The van der Waals surface area contributed by atoms with Crippen LogP contribution in [0, 0.1) is 0 Å². The van der Waals surface area contributed by atoms with Gasteiger partial charge in [0.2, 0.25) is 5.91 Å². The minimum absolute atomic E-state index is 0.0234. The van der Waals surface area contributed by atoms with Crippen molar-refractivity contribution < 1.29 is 19.4 Å². The second kappa shape index (κ2) is 5.86. The van der Waals surface area contributed by atoms with Crippen molar-refractivity contribution in [2.75, 3.05) is 26.0 Å². The zero-order valence-electron chi connectivity index (χ0n) is 9.61. The van der Waals surface area contributed by atoms with E-state index in [0.29, 0.717) is 5.75 Å². The van der Waals surface area contributed by atoms with Gasteiger partial charge in [0.25, 0.3) is 0 Å². The lowest BCUT2D eigenvalue weighted by atomic mass is 10.1. The molecular weight excluding hydrogens is 224 g/mol. The second-order valence-electron chi connectivity index (χ2n) is 3.30. The summed E-state index contributed by atoms with van der Waals surface area (Å²) in [6, 6.07) is 4.38. The fourth-order valence-corrected chi connectivity index (χ4v) is 1.30. The van der Waals surface area contributed by atoms with Crippen LogP contribution >= 0.6 is 0 Å². The van der Waals surface area contributed by atoms with E-state index in [1.807, 2.05) is 0 Å². The van der Waals surface area contributed by atoms with Crippen LogP contribution in [-0.2, 0) is 4.79 Å². The van der Waals surface area contributed by atoms with Gasteiger partial charge in [-0.3, -0.25) is 4.79 Å². The van der Waals surface area contributed by atoms with Crippen molar-refractivity contribution in [1.29, 1.82) is 0 Å². The predicted molar refractivity (Wildman–Crippen MR) is 62.5 cm³/mol. The van der Waals surface area contributed by atoms with E-state index in [2.05, 4.69) is 10.6 Å². The zero-order chi connectivity index (χ0) is 12.8. The first-order valence-electron chi connectivity index (χ1n) is 4.94. The van der Waals surface area contributed by atoms with E-state index in [1.165, 1.54) is 25.3 Å². The first-order valence-corrected chi connectivity index (χ1v) is 4.94. The number of methoxy groups -OCH3 is 1. The van der Waals surface area contributed by atoms with Gasteiger partial charge in [0, 0.05) is 6.07 Å². The van der Waals surface area contributed by atoms with Crippen LogP contribution in [-0.4, -0.2) is 37.7 Å². The summed E-state index contributed by atoms with van der Waals surface area (Å²) in [4.78, 5) is 22.3. The molecule has 1 aromatic rings. The van der Waals surface area contributed by atoms with Crippen molar-refractivity contribution >= 4 is 17.6 Å². The molecule has 0 unspecified atom stereocenters. The number of nitrogens with one attached hydrogen (secondary N) is 2. The maximum absolute atomic E-state index is 11.4. The third kappa shape index (κ3) is 3.46.